The molecule has 1 N–H and O–H groups in total. The van der Waals surface area contributed by atoms with Gasteiger partial charge in [0.1, 0.15) is 5.69 Å². The highest BCUT2D eigenvalue weighted by molar-refractivity contribution is 6.03. The number of methoxy groups -OCH3 is 1. The maximum absolute atomic E-state index is 12.4. The van der Waals surface area contributed by atoms with Gasteiger partial charge in [-0.05, 0) is 31.2 Å². The predicted molar refractivity (Wildman–Crippen MR) is 91.7 cm³/mol. The maximum Gasteiger partial charge on any atom is 0.275 e. The second kappa shape index (κ2) is 6.95. The average Bonchev–Trinajstić information content (AvgIpc) is 2.62. The Morgan fingerprint density at radius 2 is 1.92 bits per heavy atom. The van der Waals surface area contributed by atoms with Gasteiger partial charge in [-0.1, -0.05) is 12.1 Å². The summed E-state index contributed by atoms with van der Waals surface area (Å²) in [6.07, 6.45) is 1.46. The van der Waals surface area contributed by atoms with E-state index in [4.69, 9.17) is 9.47 Å². The summed E-state index contributed by atoms with van der Waals surface area (Å²) in [4.78, 5) is 21.0. The zero-order valence-electron chi connectivity index (χ0n) is 13.4. The minimum absolute atomic E-state index is 0.251. The number of anilines is 1. The predicted octanol–water partition coefficient (Wildman–Crippen LogP) is 3.29. The lowest BCUT2D eigenvalue weighted by Crippen LogP contribution is -2.14. The van der Waals surface area contributed by atoms with Gasteiger partial charge in [-0.15, -0.1) is 0 Å². The summed E-state index contributed by atoms with van der Waals surface area (Å²) < 4.78 is 10.7. The lowest BCUT2D eigenvalue weighted by Gasteiger charge is -2.11. The second-order valence-electron chi connectivity index (χ2n) is 5.00. The fraction of sp³-hybridized carbons (Fsp3) is 0.167. The molecule has 0 aliphatic heterocycles. The summed E-state index contributed by atoms with van der Waals surface area (Å²) in [5.74, 6) is 0.849. The Morgan fingerprint density at radius 3 is 2.67 bits per heavy atom. The summed E-state index contributed by atoms with van der Waals surface area (Å²) in [6, 6.07) is 12.6. The number of carbonyl (C=O) groups excluding carboxylic acids is 1. The van der Waals surface area contributed by atoms with E-state index in [9.17, 15) is 4.79 Å². The zero-order valence-corrected chi connectivity index (χ0v) is 13.4. The molecule has 0 radical (unpaired) electrons. The van der Waals surface area contributed by atoms with Crippen LogP contribution in [0.4, 0.5) is 5.69 Å². The van der Waals surface area contributed by atoms with Crippen LogP contribution >= 0.6 is 0 Å². The number of rotatable bonds is 5. The zero-order chi connectivity index (χ0) is 16.9. The molecule has 1 aromatic heterocycles. The normalized spacial score (nSPS) is 10.4. The number of carbonyl (C=O) groups is 1. The molecule has 0 unspecified atom stereocenters. The highest BCUT2D eigenvalue weighted by Gasteiger charge is 2.11. The smallest absolute Gasteiger partial charge is 0.275 e. The van der Waals surface area contributed by atoms with Crippen LogP contribution in [0.3, 0.4) is 0 Å². The number of hydrogen-bond donors (Lipinski definition) is 1. The van der Waals surface area contributed by atoms with Gasteiger partial charge in [0.05, 0.1) is 30.9 Å². The van der Waals surface area contributed by atoms with Crippen molar-refractivity contribution in [1.29, 1.82) is 0 Å². The van der Waals surface area contributed by atoms with E-state index in [2.05, 4.69) is 15.3 Å². The van der Waals surface area contributed by atoms with Crippen LogP contribution in [-0.4, -0.2) is 29.6 Å². The Bertz CT molecular complexity index is 880. The van der Waals surface area contributed by atoms with Crippen LogP contribution in [0.1, 0.15) is 17.4 Å². The summed E-state index contributed by atoms with van der Waals surface area (Å²) >= 11 is 0. The van der Waals surface area contributed by atoms with Gasteiger partial charge in [-0.3, -0.25) is 9.78 Å². The van der Waals surface area contributed by atoms with Crippen molar-refractivity contribution in [3.8, 4) is 11.5 Å². The molecule has 1 heterocycles. The van der Waals surface area contributed by atoms with Gasteiger partial charge in [0.15, 0.2) is 11.5 Å². The fourth-order valence-corrected chi connectivity index (χ4v) is 2.28. The van der Waals surface area contributed by atoms with Gasteiger partial charge in [0, 0.05) is 11.8 Å². The molecule has 2 aromatic carbocycles. The molecule has 0 aliphatic rings. The number of ether oxygens (including phenoxy) is 2. The number of benzene rings is 2. The number of nitrogens with zero attached hydrogens (tertiary/aromatic N) is 2. The Kier molecular flexibility index (Phi) is 4.56. The van der Waals surface area contributed by atoms with Crippen molar-refractivity contribution in [1.82, 2.24) is 9.97 Å². The maximum atomic E-state index is 12.4. The van der Waals surface area contributed by atoms with Crippen LogP contribution in [0.2, 0.25) is 0 Å². The van der Waals surface area contributed by atoms with Crippen molar-refractivity contribution in [3.05, 3.63) is 54.4 Å². The Balaban J connectivity index is 1.82. The van der Waals surface area contributed by atoms with E-state index in [1.54, 1.807) is 25.3 Å². The monoisotopic (exact) mass is 323 g/mol. The molecule has 0 saturated carbocycles. The van der Waals surface area contributed by atoms with Crippen LogP contribution in [0.25, 0.3) is 11.0 Å². The van der Waals surface area contributed by atoms with Crippen molar-refractivity contribution < 1.29 is 14.3 Å². The highest BCUT2D eigenvalue weighted by atomic mass is 16.5. The summed E-state index contributed by atoms with van der Waals surface area (Å²) in [5.41, 5.74) is 2.27. The third kappa shape index (κ3) is 3.27. The van der Waals surface area contributed by atoms with Gasteiger partial charge in [0.2, 0.25) is 0 Å². The molecule has 122 valence electrons. The van der Waals surface area contributed by atoms with E-state index in [0.29, 0.717) is 29.3 Å². The molecule has 0 aliphatic carbocycles. The van der Waals surface area contributed by atoms with E-state index >= 15 is 0 Å². The van der Waals surface area contributed by atoms with E-state index in [0.717, 1.165) is 5.52 Å². The number of aromatic nitrogens is 2. The molecule has 1 amide bonds. The standard InChI is InChI=1S/C18H17N3O3/c1-3-24-16-9-8-12(10-17(16)23-2)20-18(22)15-11-19-13-6-4-5-7-14(13)21-15/h4-11H,3H2,1-2H3,(H,20,22). The molecular weight excluding hydrogens is 306 g/mol. The van der Waals surface area contributed by atoms with E-state index in [-0.39, 0.29) is 11.6 Å². The second-order valence-corrected chi connectivity index (χ2v) is 5.00. The third-order valence-electron chi connectivity index (χ3n) is 3.40. The Hall–Kier alpha value is -3.15. The molecule has 3 aromatic rings. The first-order valence-electron chi connectivity index (χ1n) is 7.55. The quantitative estimate of drug-likeness (QED) is 0.780. The van der Waals surface area contributed by atoms with Gasteiger partial charge >= 0.3 is 0 Å². The first-order chi connectivity index (χ1) is 11.7. The van der Waals surface area contributed by atoms with Crippen molar-refractivity contribution in [2.24, 2.45) is 0 Å². The Labute approximate surface area is 139 Å². The molecule has 0 spiro atoms. The molecule has 6 nitrogen and oxygen atoms in total. The van der Waals surface area contributed by atoms with Crippen LogP contribution in [0.15, 0.2) is 48.7 Å². The molecule has 0 atom stereocenters. The number of amides is 1. The fourth-order valence-electron chi connectivity index (χ4n) is 2.28. The van der Waals surface area contributed by atoms with Crippen LogP contribution in [0.5, 0.6) is 11.5 Å². The minimum Gasteiger partial charge on any atom is -0.493 e. The van der Waals surface area contributed by atoms with E-state index in [1.807, 2.05) is 31.2 Å². The minimum atomic E-state index is -0.334. The molecule has 0 saturated heterocycles. The van der Waals surface area contributed by atoms with Gasteiger partial charge in [0.25, 0.3) is 5.91 Å². The van der Waals surface area contributed by atoms with E-state index < -0.39 is 0 Å². The van der Waals surface area contributed by atoms with Crippen molar-refractivity contribution >= 4 is 22.6 Å². The molecule has 6 heteroatoms. The number of para-hydroxylation sites is 2. The molecule has 3 rings (SSSR count). The van der Waals surface area contributed by atoms with Crippen molar-refractivity contribution in [2.45, 2.75) is 6.92 Å². The summed E-state index contributed by atoms with van der Waals surface area (Å²) in [7, 11) is 1.55. The van der Waals surface area contributed by atoms with E-state index in [1.165, 1.54) is 6.20 Å². The first-order valence-corrected chi connectivity index (χ1v) is 7.55. The lowest BCUT2D eigenvalue weighted by molar-refractivity contribution is 0.102. The largest absolute Gasteiger partial charge is 0.493 e. The van der Waals surface area contributed by atoms with Crippen LogP contribution < -0.4 is 14.8 Å². The van der Waals surface area contributed by atoms with Crippen molar-refractivity contribution in [3.63, 3.8) is 0 Å². The lowest BCUT2D eigenvalue weighted by atomic mass is 10.2. The molecule has 0 bridgehead atoms. The summed E-state index contributed by atoms with van der Waals surface area (Å²) in [6.45, 7) is 2.43. The van der Waals surface area contributed by atoms with Gasteiger partial charge in [-0.2, -0.15) is 0 Å². The average molecular weight is 323 g/mol. The summed E-state index contributed by atoms with van der Waals surface area (Å²) in [5, 5.41) is 2.79. The first kappa shape index (κ1) is 15.7. The number of hydrogen-bond acceptors (Lipinski definition) is 5. The molecule has 0 fully saturated rings. The topological polar surface area (TPSA) is 73.3 Å². The molecular formula is C18H17N3O3. The van der Waals surface area contributed by atoms with Crippen LogP contribution in [0, 0.1) is 0 Å². The van der Waals surface area contributed by atoms with Gasteiger partial charge < -0.3 is 14.8 Å². The third-order valence-corrected chi connectivity index (χ3v) is 3.40. The number of fused-ring (bicyclic) bond motifs is 1. The van der Waals surface area contributed by atoms with Crippen molar-refractivity contribution in [2.75, 3.05) is 19.0 Å². The Morgan fingerprint density at radius 1 is 1.12 bits per heavy atom. The van der Waals surface area contributed by atoms with Crippen LogP contribution in [-0.2, 0) is 0 Å². The SMILES string of the molecule is CCOc1ccc(NC(=O)c2cnc3ccccc3n2)cc1OC. The van der Waals surface area contributed by atoms with Gasteiger partial charge in [-0.25, -0.2) is 4.98 Å². The molecule has 24 heavy (non-hydrogen) atoms. The highest BCUT2D eigenvalue weighted by Crippen LogP contribution is 2.30. The number of nitrogens with one attached hydrogen (secondary N) is 1.